The highest BCUT2D eigenvalue weighted by atomic mass is 32.1. The van der Waals surface area contributed by atoms with Gasteiger partial charge < -0.3 is 10.1 Å². The summed E-state index contributed by atoms with van der Waals surface area (Å²) in [6, 6.07) is 6.26. The van der Waals surface area contributed by atoms with Gasteiger partial charge in [-0.05, 0) is 37.5 Å². The number of methoxy groups -OCH3 is 1. The minimum atomic E-state index is 0.352. The predicted octanol–water partition coefficient (Wildman–Crippen LogP) is 2.73. The molecule has 3 aromatic rings. The van der Waals surface area contributed by atoms with E-state index in [1.807, 2.05) is 31.4 Å². The maximum atomic E-state index is 5.40. The minimum Gasteiger partial charge on any atom is -0.497 e. The number of fused-ring (bicyclic) bond motifs is 1. The van der Waals surface area contributed by atoms with Gasteiger partial charge in [-0.3, -0.25) is 0 Å². The Balaban J connectivity index is 2.11. The molecule has 0 bridgehead atoms. The lowest BCUT2D eigenvalue weighted by Crippen LogP contribution is -2.10. The van der Waals surface area contributed by atoms with Crippen LogP contribution in [0.2, 0.25) is 0 Å². The normalized spacial score (nSPS) is 11.2. The molecule has 0 aliphatic rings. The van der Waals surface area contributed by atoms with Gasteiger partial charge in [0.25, 0.3) is 0 Å². The summed E-state index contributed by atoms with van der Waals surface area (Å²) in [7, 11) is 3.68. The maximum absolute atomic E-state index is 5.40. The molecule has 0 spiro atoms. The zero-order chi connectivity index (χ0) is 16.6. The van der Waals surface area contributed by atoms with E-state index in [1.54, 1.807) is 18.4 Å². The first-order valence-corrected chi connectivity index (χ1v) is 8.72. The molecule has 0 aliphatic carbocycles. The fourth-order valence-corrected chi connectivity index (χ4v) is 3.60. The van der Waals surface area contributed by atoms with Crippen molar-refractivity contribution in [3.8, 4) is 17.1 Å². The average Bonchev–Trinajstić information content (AvgIpc) is 2.96. The van der Waals surface area contributed by atoms with Crippen molar-refractivity contribution in [1.29, 1.82) is 0 Å². The molecule has 118 valence electrons. The lowest BCUT2D eigenvalue weighted by molar-refractivity contribution is 0.418. The third-order valence-electron chi connectivity index (χ3n) is 3.56. The van der Waals surface area contributed by atoms with Crippen LogP contribution in [0.3, 0.4) is 0 Å². The monoisotopic (exact) mass is 343 g/mol. The molecule has 4 nitrogen and oxygen atoms in total. The van der Waals surface area contributed by atoms with Crippen LogP contribution >= 0.6 is 24.0 Å². The molecule has 0 atom stereocenters. The number of thiol groups is 1. The van der Waals surface area contributed by atoms with Crippen molar-refractivity contribution in [3.63, 3.8) is 0 Å². The fourth-order valence-electron chi connectivity index (χ4n) is 2.45. The van der Waals surface area contributed by atoms with Gasteiger partial charge in [0.2, 0.25) is 0 Å². The van der Waals surface area contributed by atoms with Crippen LogP contribution in [-0.2, 0) is 0 Å². The highest BCUT2D eigenvalue weighted by Crippen LogP contribution is 2.29. The maximum Gasteiger partial charge on any atom is 0.183 e. The molecule has 23 heavy (non-hydrogen) atoms. The molecule has 0 saturated heterocycles. The van der Waals surface area contributed by atoms with Crippen molar-refractivity contribution in [1.82, 2.24) is 9.97 Å². The lowest BCUT2D eigenvalue weighted by Gasteiger charge is -2.10. The van der Waals surface area contributed by atoms with E-state index in [0.29, 0.717) is 6.04 Å². The number of anilines is 1. The SMILES string of the molecule is Bc1c(OC)ccc2c(S)cc(-c3csc(NC(C)C)n3)nc12. The molecular weight excluding hydrogens is 325 g/mol. The highest BCUT2D eigenvalue weighted by Gasteiger charge is 2.13. The Bertz CT molecular complexity index is 864. The molecule has 2 aromatic heterocycles. The van der Waals surface area contributed by atoms with Crippen LogP contribution in [0.1, 0.15) is 13.8 Å². The Kier molecular flexibility index (Phi) is 4.50. The number of rotatable bonds is 4. The third kappa shape index (κ3) is 3.16. The van der Waals surface area contributed by atoms with Gasteiger partial charge >= 0.3 is 0 Å². The largest absolute Gasteiger partial charge is 0.497 e. The van der Waals surface area contributed by atoms with Gasteiger partial charge in [0.15, 0.2) is 5.13 Å². The lowest BCUT2D eigenvalue weighted by atomic mass is 9.91. The number of thiazole rings is 1. The summed E-state index contributed by atoms with van der Waals surface area (Å²) in [5.74, 6) is 0.829. The molecule has 7 heteroatoms. The topological polar surface area (TPSA) is 47.0 Å². The van der Waals surface area contributed by atoms with Crippen LogP contribution in [0, 0.1) is 0 Å². The van der Waals surface area contributed by atoms with Crippen LogP contribution in [0.15, 0.2) is 28.5 Å². The van der Waals surface area contributed by atoms with Crippen LogP contribution < -0.4 is 15.5 Å². The van der Waals surface area contributed by atoms with Crippen molar-refractivity contribution in [2.75, 3.05) is 12.4 Å². The van der Waals surface area contributed by atoms with Gasteiger partial charge in [-0.2, -0.15) is 0 Å². The number of ether oxygens (including phenoxy) is 1. The van der Waals surface area contributed by atoms with Crippen molar-refractivity contribution in [3.05, 3.63) is 23.6 Å². The molecule has 0 fully saturated rings. The van der Waals surface area contributed by atoms with Crippen molar-refractivity contribution in [2.45, 2.75) is 24.8 Å². The molecule has 0 unspecified atom stereocenters. The Hall–Kier alpha value is -1.73. The van der Waals surface area contributed by atoms with E-state index >= 15 is 0 Å². The summed E-state index contributed by atoms with van der Waals surface area (Å²) in [4.78, 5) is 10.3. The molecule has 3 rings (SSSR count). The number of hydrogen-bond donors (Lipinski definition) is 2. The average molecular weight is 343 g/mol. The second-order valence-electron chi connectivity index (χ2n) is 5.65. The van der Waals surface area contributed by atoms with Crippen molar-refractivity contribution >= 4 is 53.3 Å². The first-order chi connectivity index (χ1) is 11.0. The Morgan fingerprint density at radius 1 is 1.26 bits per heavy atom. The van der Waals surface area contributed by atoms with E-state index in [9.17, 15) is 0 Å². The van der Waals surface area contributed by atoms with Gasteiger partial charge in [0.1, 0.15) is 19.3 Å². The molecule has 1 aromatic carbocycles. The summed E-state index contributed by atoms with van der Waals surface area (Å²) in [6.45, 7) is 4.19. The fraction of sp³-hybridized carbons (Fsp3) is 0.250. The van der Waals surface area contributed by atoms with Crippen LogP contribution in [-0.4, -0.2) is 31.0 Å². The Morgan fingerprint density at radius 2 is 2.04 bits per heavy atom. The van der Waals surface area contributed by atoms with Gasteiger partial charge in [-0.25, -0.2) is 9.97 Å². The van der Waals surface area contributed by atoms with E-state index in [2.05, 4.69) is 36.8 Å². The van der Waals surface area contributed by atoms with E-state index in [1.165, 1.54) is 0 Å². The number of aromatic nitrogens is 2. The molecule has 0 radical (unpaired) electrons. The Labute approximate surface area is 146 Å². The van der Waals surface area contributed by atoms with E-state index in [4.69, 9.17) is 9.72 Å². The summed E-state index contributed by atoms with van der Waals surface area (Å²) in [5.41, 5.74) is 3.60. The predicted molar refractivity (Wildman–Crippen MR) is 104 cm³/mol. The van der Waals surface area contributed by atoms with Crippen molar-refractivity contribution < 1.29 is 4.74 Å². The zero-order valence-electron chi connectivity index (χ0n) is 13.5. The number of pyridine rings is 1. The van der Waals surface area contributed by atoms with Crippen LogP contribution in [0.4, 0.5) is 5.13 Å². The number of nitrogens with zero attached hydrogens (tertiary/aromatic N) is 2. The molecule has 1 N–H and O–H groups in total. The number of benzene rings is 1. The summed E-state index contributed by atoms with van der Waals surface area (Å²) in [5, 5.41) is 7.25. The zero-order valence-corrected chi connectivity index (χ0v) is 15.3. The second kappa shape index (κ2) is 6.41. The molecule has 0 aliphatic heterocycles. The van der Waals surface area contributed by atoms with E-state index < -0.39 is 0 Å². The summed E-state index contributed by atoms with van der Waals surface area (Å²) >= 11 is 6.21. The van der Waals surface area contributed by atoms with Gasteiger partial charge in [-0.1, -0.05) is 0 Å². The molecular formula is C16H18BN3OS2. The number of nitrogens with one attached hydrogen (secondary N) is 1. The van der Waals surface area contributed by atoms with Gasteiger partial charge in [0, 0.05) is 21.7 Å². The van der Waals surface area contributed by atoms with Crippen LogP contribution in [0.25, 0.3) is 22.3 Å². The Morgan fingerprint density at radius 3 is 2.74 bits per heavy atom. The smallest absolute Gasteiger partial charge is 0.183 e. The standard InChI is InChI=1S/C16H18BN3OS2/c1-8(2)18-16-20-11(7-23-16)10-6-13(22)9-4-5-12(21-3)14(17)15(9)19-10/h4-8H,17H2,1-3H3,(H,18,20)(H,19,22). The third-order valence-corrected chi connectivity index (χ3v) is 4.71. The molecule has 0 saturated carbocycles. The van der Waals surface area contributed by atoms with E-state index in [-0.39, 0.29) is 0 Å². The second-order valence-corrected chi connectivity index (χ2v) is 6.99. The van der Waals surface area contributed by atoms with Gasteiger partial charge in [-0.15, -0.1) is 24.0 Å². The first-order valence-electron chi connectivity index (χ1n) is 7.39. The highest BCUT2D eigenvalue weighted by molar-refractivity contribution is 7.80. The quantitative estimate of drug-likeness (QED) is 0.565. The summed E-state index contributed by atoms with van der Waals surface area (Å²) < 4.78 is 5.40. The molecule has 2 heterocycles. The molecule has 0 amide bonds. The summed E-state index contributed by atoms with van der Waals surface area (Å²) in [6.07, 6.45) is 0. The van der Waals surface area contributed by atoms with Crippen molar-refractivity contribution in [2.24, 2.45) is 0 Å². The number of hydrogen-bond acceptors (Lipinski definition) is 6. The minimum absolute atomic E-state index is 0.352. The van der Waals surface area contributed by atoms with Crippen LogP contribution in [0.5, 0.6) is 5.75 Å². The first kappa shape index (κ1) is 16.1. The van der Waals surface area contributed by atoms with Gasteiger partial charge in [0.05, 0.1) is 18.3 Å². The van der Waals surface area contributed by atoms with E-state index in [0.717, 1.165) is 43.5 Å².